The molecule has 1 aromatic carbocycles. The molecule has 0 aliphatic carbocycles. The Balaban J connectivity index is 1.98. The van der Waals surface area contributed by atoms with Gasteiger partial charge in [-0.3, -0.25) is 4.90 Å². The van der Waals surface area contributed by atoms with Crippen molar-refractivity contribution in [3.63, 3.8) is 0 Å². The fourth-order valence-electron chi connectivity index (χ4n) is 1.93. The number of ether oxygens (including phenoxy) is 1. The highest BCUT2D eigenvalue weighted by molar-refractivity contribution is 7.80. The lowest BCUT2D eigenvalue weighted by Crippen LogP contribution is -2.39. The van der Waals surface area contributed by atoms with Gasteiger partial charge in [-0.1, -0.05) is 12.1 Å². The molecule has 0 unspecified atom stereocenters. The van der Waals surface area contributed by atoms with Gasteiger partial charge in [0.25, 0.3) is 0 Å². The minimum absolute atomic E-state index is 0.195. The van der Waals surface area contributed by atoms with Gasteiger partial charge in [0.05, 0.1) is 13.1 Å². The van der Waals surface area contributed by atoms with Crippen LogP contribution in [0, 0.1) is 6.92 Å². The maximum absolute atomic E-state index is 11.8. The second-order valence-electron chi connectivity index (χ2n) is 4.42. The lowest BCUT2D eigenvalue weighted by molar-refractivity contribution is 0.143. The lowest BCUT2D eigenvalue weighted by Gasteiger charge is -2.14. The molecule has 1 saturated heterocycles. The summed E-state index contributed by atoms with van der Waals surface area (Å²) in [6.45, 7) is 3.03. The highest BCUT2D eigenvalue weighted by Crippen LogP contribution is 2.22. The zero-order valence-electron chi connectivity index (χ0n) is 11.0. The van der Waals surface area contributed by atoms with Gasteiger partial charge in [0, 0.05) is 12.7 Å². The van der Waals surface area contributed by atoms with E-state index in [1.807, 2.05) is 31.2 Å². The van der Waals surface area contributed by atoms with Crippen molar-refractivity contribution < 1.29 is 9.53 Å². The fraction of sp³-hybridized carbons (Fsp3) is 0.385. The third-order valence-electron chi connectivity index (χ3n) is 2.90. The van der Waals surface area contributed by atoms with E-state index < -0.39 is 0 Å². The Morgan fingerprint density at radius 3 is 3.05 bits per heavy atom. The summed E-state index contributed by atoms with van der Waals surface area (Å²) < 4.78 is 5.30. The Morgan fingerprint density at radius 2 is 2.37 bits per heavy atom. The summed E-state index contributed by atoms with van der Waals surface area (Å²) in [4.78, 5) is 13.5. The number of hydrogen-bond acceptors (Lipinski definition) is 3. The number of cyclic esters (lactones) is 1. The number of hydrogen-bond donors (Lipinski definition) is 2. The van der Waals surface area contributed by atoms with Crippen molar-refractivity contribution in [2.45, 2.75) is 13.0 Å². The van der Waals surface area contributed by atoms with Crippen LogP contribution in [-0.4, -0.2) is 37.4 Å². The van der Waals surface area contributed by atoms with Crippen LogP contribution in [0.5, 0.6) is 0 Å². The van der Waals surface area contributed by atoms with Crippen LogP contribution in [0.4, 0.5) is 10.5 Å². The molecule has 1 aliphatic rings. The maximum atomic E-state index is 11.8. The number of nitrogens with one attached hydrogen (secondary N) is 2. The largest absolute Gasteiger partial charge is 0.442 e. The van der Waals surface area contributed by atoms with Gasteiger partial charge in [-0.25, -0.2) is 4.79 Å². The molecule has 6 heteroatoms. The van der Waals surface area contributed by atoms with E-state index in [1.54, 1.807) is 11.9 Å². The molecule has 0 radical (unpaired) electrons. The molecule has 0 bridgehead atoms. The summed E-state index contributed by atoms with van der Waals surface area (Å²) in [5, 5.41) is 6.36. The molecule has 1 aliphatic heterocycles. The molecular formula is C13H17N3O2S. The second kappa shape index (κ2) is 5.88. The summed E-state index contributed by atoms with van der Waals surface area (Å²) in [5.41, 5.74) is 1.98. The Labute approximate surface area is 117 Å². The smallest absolute Gasteiger partial charge is 0.414 e. The van der Waals surface area contributed by atoms with E-state index in [0.717, 1.165) is 11.3 Å². The molecule has 0 saturated carbocycles. The quantitative estimate of drug-likeness (QED) is 0.820. The lowest BCUT2D eigenvalue weighted by atomic mass is 10.2. The average Bonchev–Trinajstić information content (AvgIpc) is 2.77. The predicted molar refractivity (Wildman–Crippen MR) is 78.5 cm³/mol. The van der Waals surface area contributed by atoms with Crippen LogP contribution < -0.4 is 15.5 Å². The summed E-state index contributed by atoms with van der Waals surface area (Å²) in [5.74, 6) is 0. The van der Waals surface area contributed by atoms with Gasteiger partial charge in [-0.2, -0.15) is 0 Å². The van der Waals surface area contributed by atoms with Crippen molar-refractivity contribution in [3.8, 4) is 0 Å². The number of carbonyl (C=O) groups excluding carboxylic acids is 1. The van der Waals surface area contributed by atoms with Gasteiger partial charge in [0.1, 0.15) is 6.10 Å². The molecule has 1 fully saturated rings. The number of thiocarbonyl (C=S) groups is 1. The van der Waals surface area contributed by atoms with Crippen LogP contribution in [0.25, 0.3) is 0 Å². The molecule has 2 rings (SSSR count). The normalized spacial score (nSPS) is 18.1. The molecular weight excluding hydrogens is 262 g/mol. The number of carbonyl (C=O) groups is 1. The molecule has 0 spiro atoms. The molecule has 1 aromatic rings. The van der Waals surface area contributed by atoms with E-state index in [0.29, 0.717) is 18.2 Å². The highest BCUT2D eigenvalue weighted by Gasteiger charge is 2.32. The van der Waals surface area contributed by atoms with Gasteiger partial charge in [0.2, 0.25) is 0 Å². The first-order valence-electron chi connectivity index (χ1n) is 6.10. The number of anilines is 1. The standard InChI is InChI=1S/C13H17N3O2S/c1-9-4-3-5-10(6-9)16-8-11(18-13(16)17)7-15-12(19)14-2/h3-6,11H,7-8H2,1-2H3,(H2,14,15,19)/t11-/m0/s1. The van der Waals surface area contributed by atoms with E-state index in [9.17, 15) is 4.79 Å². The van der Waals surface area contributed by atoms with Gasteiger partial charge < -0.3 is 15.4 Å². The van der Waals surface area contributed by atoms with E-state index in [1.165, 1.54) is 0 Å². The van der Waals surface area contributed by atoms with Gasteiger partial charge >= 0.3 is 6.09 Å². The molecule has 1 heterocycles. The van der Waals surface area contributed by atoms with Gasteiger partial charge in [-0.15, -0.1) is 0 Å². The Morgan fingerprint density at radius 1 is 1.58 bits per heavy atom. The SMILES string of the molecule is CNC(=S)NC[C@H]1CN(c2cccc(C)c2)C(=O)O1. The van der Waals surface area contributed by atoms with Gasteiger partial charge in [0.15, 0.2) is 5.11 Å². The van der Waals surface area contributed by atoms with Crippen molar-refractivity contribution >= 4 is 29.1 Å². The Kier molecular flexibility index (Phi) is 4.21. The number of aryl methyl sites for hydroxylation is 1. The Bertz CT molecular complexity index is 493. The zero-order chi connectivity index (χ0) is 13.8. The first-order chi connectivity index (χ1) is 9.10. The third kappa shape index (κ3) is 3.35. The molecule has 0 aromatic heterocycles. The predicted octanol–water partition coefficient (Wildman–Crippen LogP) is 1.41. The number of rotatable bonds is 3. The topological polar surface area (TPSA) is 53.6 Å². The molecule has 2 N–H and O–H groups in total. The van der Waals surface area contributed by atoms with E-state index in [4.69, 9.17) is 17.0 Å². The highest BCUT2D eigenvalue weighted by atomic mass is 32.1. The third-order valence-corrected chi connectivity index (χ3v) is 3.25. The van der Waals surface area contributed by atoms with Crippen molar-refractivity contribution in [1.82, 2.24) is 10.6 Å². The molecule has 1 amide bonds. The fourth-order valence-corrected chi connectivity index (χ4v) is 2.01. The van der Waals surface area contributed by atoms with Crippen LogP contribution in [0.1, 0.15) is 5.56 Å². The maximum Gasteiger partial charge on any atom is 0.414 e. The molecule has 5 nitrogen and oxygen atoms in total. The van der Waals surface area contributed by atoms with E-state index in [-0.39, 0.29) is 12.2 Å². The minimum Gasteiger partial charge on any atom is -0.442 e. The van der Waals surface area contributed by atoms with Crippen molar-refractivity contribution in [1.29, 1.82) is 0 Å². The second-order valence-corrected chi connectivity index (χ2v) is 4.82. The average molecular weight is 279 g/mol. The molecule has 19 heavy (non-hydrogen) atoms. The van der Waals surface area contributed by atoms with E-state index in [2.05, 4.69) is 10.6 Å². The number of nitrogens with zero attached hydrogens (tertiary/aromatic N) is 1. The summed E-state index contributed by atoms with van der Waals surface area (Å²) in [6.07, 6.45) is -0.507. The number of amides is 1. The monoisotopic (exact) mass is 279 g/mol. The van der Waals surface area contributed by atoms with Crippen LogP contribution in [-0.2, 0) is 4.74 Å². The van der Waals surface area contributed by atoms with Crippen molar-refractivity contribution in [2.24, 2.45) is 0 Å². The first kappa shape index (κ1) is 13.6. The minimum atomic E-state index is -0.312. The molecule has 102 valence electrons. The summed E-state index contributed by atoms with van der Waals surface area (Å²) in [6, 6.07) is 7.80. The Hall–Kier alpha value is -1.82. The molecule has 1 atom stereocenters. The van der Waals surface area contributed by atoms with E-state index >= 15 is 0 Å². The first-order valence-corrected chi connectivity index (χ1v) is 6.51. The van der Waals surface area contributed by atoms with Crippen molar-refractivity contribution in [3.05, 3.63) is 29.8 Å². The summed E-state index contributed by atoms with van der Waals surface area (Å²) in [7, 11) is 1.75. The summed E-state index contributed by atoms with van der Waals surface area (Å²) >= 11 is 4.98. The van der Waals surface area contributed by atoms with Gasteiger partial charge in [-0.05, 0) is 36.8 Å². The zero-order valence-corrected chi connectivity index (χ0v) is 11.8. The van der Waals surface area contributed by atoms with Crippen LogP contribution in [0.3, 0.4) is 0 Å². The number of benzene rings is 1. The van der Waals surface area contributed by atoms with Crippen molar-refractivity contribution in [2.75, 3.05) is 25.0 Å². The van der Waals surface area contributed by atoms with Crippen LogP contribution >= 0.6 is 12.2 Å². The van der Waals surface area contributed by atoms with Crippen LogP contribution in [0.2, 0.25) is 0 Å². The van der Waals surface area contributed by atoms with Crippen LogP contribution in [0.15, 0.2) is 24.3 Å².